The van der Waals surface area contributed by atoms with Crippen molar-refractivity contribution in [3.63, 3.8) is 0 Å². The standard InChI is InChI=1S/C21H21BrN2O3/c1-23-8-10-24(11-9-23)16-5-3-15(4-6-16)21-19(22)20(26)17-12-14(13-25)2-7-18(17)27-21/h2-7,12,25H,8-11,13H2,1H3. The van der Waals surface area contributed by atoms with Crippen LogP contribution < -0.4 is 10.3 Å². The molecule has 3 aromatic rings. The SMILES string of the molecule is CN1CCN(c2ccc(-c3oc4ccc(CO)cc4c(=O)c3Br)cc2)CC1. The Kier molecular flexibility index (Phi) is 5.04. The number of hydrogen-bond donors (Lipinski definition) is 1. The van der Waals surface area contributed by atoms with Crippen molar-refractivity contribution in [2.75, 3.05) is 38.1 Å². The van der Waals surface area contributed by atoms with Gasteiger partial charge in [0.1, 0.15) is 10.1 Å². The van der Waals surface area contributed by atoms with Gasteiger partial charge >= 0.3 is 0 Å². The quantitative estimate of drug-likeness (QED) is 0.691. The number of anilines is 1. The van der Waals surface area contributed by atoms with Crippen LogP contribution in [0.2, 0.25) is 0 Å². The van der Waals surface area contributed by atoms with Gasteiger partial charge in [0.05, 0.1) is 12.0 Å². The Morgan fingerprint density at radius 1 is 1.07 bits per heavy atom. The van der Waals surface area contributed by atoms with Crippen LogP contribution in [0, 0.1) is 0 Å². The van der Waals surface area contributed by atoms with Crippen molar-refractivity contribution in [1.29, 1.82) is 0 Å². The molecule has 0 spiro atoms. The summed E-state index contributed by atoms with van der Waals surface area (Å²) in [5.41, 5.74) is 3.10. The molecule has 0 bridgehead atoms. The Hall–Kier alpha value is -2.15. The molecule has 1 saturated heterocycles. The molecular weight excluding hydrogens is 408 g/mol. The molecule has 1 aliphatic rings. The van der Waals surface area contributed by atoms with Gasteiger partial charge in [0.15, 0.2) is 5.76 Å². The highest BCUT2D eigenvalue weighted by molar-refractivity contribution is 9.10. The second-order valence-electron chi connectivity index (χ2n) is 6.90. The number of benzene rings is 2. The number of aliphatic hydroxyl groups is 1. The minimum absolute atomic E-state index is 0.109. The lowest BCUT2D eigenvalue weighted by molar-refractivity contribution is 0.282. The van der Waals surface area contributed by atoms with Gasteiger partial charge < -0.3 is 19.3 Å². The molecule has 5 nitrogen and oxygen atoms in total. The van der Waals surface area contributed by atoms with Gasteiger partial charge in [0, 0.05) is 37.4 Å². The fourth-order valence-corrected chi connectivity index (χ4v) is 3.92. The summed E-state index contributed by atoms with van der Waals surface area (Å²) >= 11 is 3.40. The molecule has 0 unspecified atom stereocenters. The molecular formula is C21H21BrN2O3. The summed E-state index contributed by atoms with van der Waals surface area (Å²) in [4.78, 5) is 17.4. The maximum Gasteiger partial charge on any atom is 0.207 e. The van der Waals surface area contributed by atoms with Crippen molar-refractivity contribution in [2.45, 2.75) is 6.61 Å². The molecule has 6 heteroatoms. The second-order valence-corrected chi connectivity index (χ2v) is 7.69. The van der Waals surface area contributed by atoms with E-state index in [1.807, 2.05) is 12.1 Å². The first-order valence-corrected chi connectivity index (χ1v) is 9.76. The fourth-order valence-electron chi connectivity index (χ4n) is 3.39. The lowest BCUT2D eigenvalue weighted by atomic mass is 10.1. The van der Waals surface area contributed by atoms with E-state index in [9.17, 15) is 9.90 Å². The summed E-state index contributed by atoms with van der Waals surface area (Å²) in [7, 11) is 2.14. The Balaban J connectivity index is 1.70. The molecule has 0 amide bonds. The molecule has 0 aliphatic carbocycles. The first-order chi connectivity index (χ1) is 13.1. The van der Waals surface area contributed by atoms with Crippen LogP contribution >= 0.6 is 15.9 Å². The van der Waals surface area contributed by atoms with E-state index in [1.54, 1.807) is 18.2 Å². The van der Waals surface area contributed by atoms with Crippen LogP contribution in [-0.4, -0.2) is 43.2 Å². The van der Waals surface area contributed by atoms with Crippen LogP contribution in [0.3, 0.4) is 0 Å². The molecule has 1 aliphatic heterocycles. The lowest BCUT2D eigenvalue weighted by Crippen LogP contribution is -2.44. The molecule has 27 heavy (non-hydrogen) atoms. The van der Waals surface area contributed by atoms with Crippen molar-refractivity contribution in [1.82, 2.24) is 4.90 Å². The van der Waals surface area contributed by atoms with Crippen molar-refractivity contribution < 1.29 is 9.52 Å². The Morgan fingerprint density at radius 2 is 1.78 bits per heavy atom. The van der Waals surface area contributed by atoms with Gasteiger partial charge in [0.2, 0.25) is 5.43 Å². The van der Waals surface area contributed by atoms with E-state index in [2.05, 4.69) is 44.9 Å². The molecule has 1 aromatic heterocycles. The molecule has 0 radical (unpaired) electrons. The van der Waals surface area contributed by atoms with Crippen molar-refractivity contribution in [3.8, 4) is 11.3 Å². The summed E-state index contributed by atoms with van der Waals surface area (Å²) in [5, 5.41) is 9.75. The van der Waals surface area contributed by atoms with E-state index < -0.39 is 0 Å². The normalized spacial score (nSPS) is 15.4. The summed E-state index contributed by atoms with van der Waals surface area (Å²) in [6, 6.07) is 13.3. The van der Waals surface area contributed by atoms with Gasteiger partial charge in [-0.1, -0.05) is 6.07 Å². The third-order valence-electron chi connectivity index (χ3n) is 5.08. The zero-order chi connectivity index (χ0) is 19.0. The minimum Gasteiger partial charge on any atom is -0.455 e. The molecule has 2 aromatic carbocycles. The predicted octanol–water partition coefficient (Wildman–Crippen LogP) is 3.47. The zero-order valence-electron chi connectivity index (χ0n) is 15.1. The largest absolute Gasteiger partial charge is 0.455 e. The monoisotopic (exact) mass is 428 g/mol. The van der Waals surface area contributed by atoms with Gasteiger partial charge in [0.25, 0.3) is 0 Å². The third-order valence-corrected chi connectivity index (χ3v) is 5.80. The molecule has 2 heterocycles. The number of nitrogens with zero attached hydrogens (tertiary/aromatic N) is 2. The topological polar surface area (TPSA) is 56.9 Å². The Bertz CT molecular complexity index is 1020. The molecule has 0 saturated carbocycles. The first-order valence-electron chi connectivity index (χ1n) is 8.97. The van der Waals surface area contributed by atoms with E-state index in [1.165, 1.54) is 5.69 Å². The minimum atomic E-state index is -0.135. The lowest BCUT2D eigenvalue weighted by Gasteiger charge is -2.34. The maximum atomic E-state index is 12.7. The molecule has 1 N–H and O–H groups in total. The van der Waals surface area contributed by atoms with Gasteiger partial charge in [-0.3, -0.25) is 4.79 Å². The number of halogens is 1. The van der Waals surface area contributed by atoms with Gasteiger partial charge in [-0.25, -0.2) is 0 Å². The molecule has 4 rings (SSSR count). The van der Waals surface area contributed by atoms with E-state index in [-0.39, 0.29) is 12.0 Å². The van der Waals surface area contributed by atoms with Crippen LogP contribution in [0.5, 0.6) is 0 Å². The number of aliphatic hydroxyl groups excluding tert-OH is 1. The Labute approximate surface area is 166 Å². The highest BCUT2D eigenvalue weighted by Gasteiger charge is 2.17. The average molecular weight is 429 g/mol. The smallest absolute Gasteiger partial charge is 0.207 e. The highest BCUT2D eigenvalue weighted by Crippen LogP contribution is 2.31. The number of likely N-dealkylation sites (N-methyl/N-ethyl adjacent to an activating group) is 1. The van der Waals surface area contributed by atoms with Crippen LogP contribution in [0.25, 0.3) is 22.3 Å². The zero-order valence-corrected chi connectivity index (χ0v) is 16.7. The number of piperazine rings is 1. The van der Waals surface area contributed by atoms with E-state index in [0.717, 1.165) is 31.7 Å². The summed E-state index contributed by atoms with van der Waals surface area (Å²) in [6.07, 6.45) is 0. The van der Waals surface area contributed by atoms with Gasteiger partial charge in [-0.2, -0.15) is 0 Å². The fraction of sp³-hybridized carbons (Fsp3) is 0.286. The number of fused-ring (bicyclic) bond motifs is 1. The van der Waals surface area contributed by atoms with Crippen molar-refractivity contribution >= 4 is 32.6 Å². The van der Waals surface area contributed by atoms with E-state index >= 15 is 0 Å². The van der Waals surface area contributed by atoms with Crippen LogP contribution in [0.1, 0.15) is 5.56 Å². The first kappa shape index (κ1) is 18.2. The second kappa shape index (κ2) is 7.46. The highest BCUT2D eigenvalue weighted by atomic mass is 79.9. The summed E-state index contributed by atoms with van der Waals surface area (Å²) in [6.45, 7) is 4.03. The van der Waals surface area contributed by atoms with Gasteiger partial charge in [-0.05, 0) is 64.9 Å². The van der Waals surface area contributed by atoms with Crippen LogP contribution in [0.4, 0.5) is 5.69 Å². The van der Waals surface area contributed by atoms with Gasteiger partial charge in [-0.15, -0.1) is 0 Å². The van der Waals surface area contributed by atoms with Crippen LogP contribution in [-0.2, 0) is 6.61 Å². The summed E-state index contributed by atoms with van der Waals surface area (Å²) in [5.74, 6) is 0.522. The molecule has 140 valence electrons. The van der Waals surface area contributed by atoms with Crippen molar-refractivity contribution in [3.05, 3.63) is 62.7 Å². The maximum absolute atomic E-state index is 12.7. The molecule has 0 atom stereocenters. The third kappa shape index (κ3) is 3.52. The van der Waals surface area contributed by atoms with E-state index in [0.29, 0.717) is 26.8 Å². The predicted molar refractivity (Wildman–Crippen MR) is 111 cm³/mol. The Morgan fingerprint density at radius 3 is 2.44 bits per heavy atom. The van der Waals surface area contributed by atoms with Crippen LogP contribution in [0.15, 0.2) is 56.1 Å². The number of hydrogen-bond acceptors (Lipinski definition) is 5. The average Bonchev–Trinajstić information content (AvgIpc) is 2.71. The number of rotatable bonds is 3. The molecule has 1 fully saturated rings. The summed E-state index contributed by atoms with van der Waals surface area (Å²) < 4.78 is 6.41. The van der Waals surface area contributed by atoms with E-state index in [4.69, 9.17) is 4.42 Å². The van der Waals surface area contributed by atoms with Crippen molar-refractivity contribution in [2.24, 2.45) is 0 Å².